The third kappa shape index (κ3) is 3.64. The zero-order chi connectivity index (χ0) is 13.1. The number of ether oxygens (including phenoxy) is 1. The van der Waals surface area contributed by atoms with Crippen molar-refractivity contribution in [2.75, 3.05) is 44.7 Å². The van der Waals surface area contributed by atoms with Crippen LogP contribution in [0.5, 0.6) is 0 Å². The third-order valence-electron chi connectivity index (χ3n) is 3.78. The Hall–Kier alpha value is -1.20. The molecule has 1 aliphatic carbocycles. The van der Waals surface area contributed by atoms with Gasteiger partial charge in [0.15, 0.2) is 0 Å². The average molecular weight is 262 g/mol. The van der Waals surface area contributed by atoms with Crippen molar-refractivity contribution in [3.05, 3.63) is 18.5 Å². The number of aromatic nitrogens is 2. The van der Waals surface area contributed by atoms with E-state index in [0.717, 1.165) is 44.7 Å². The number of anilines is 1. The van der Waals surface area contributed by atoms with Gasteiger partial charge in [0.05, 0.1) is 12.7 Å². The molecule has 0 N–H and O–H groups in total. The van der Waals surface area contributed by atoms with E-state index in [4.69, 9.17) is 4.74 Å². The summed E-state index contributed by atoms with van der Waals surface area (Å²) in [6, 6.07) is 1.86. The molecule has 5 heteroatoms. The maximum absolute atomic E-state index is 5.86. The third-order valence-corrected chi connectivity index (χ3v) is 3.78. The Labute approximate surface area is 114 Å². The molecule has 5 nitrogen and oxygen atoms in total. The fourth-order valence-electron chi connectivity index (χ4n) is 2.53. The molecule has 1 aromatic heterocycles. The van der Waals surface area contributed by atoms with Crippen molar-refractivity contribution in [1.29, 1.82) is 0 Å². The van der Waals surface area contributed by atoms with Gasteiger partial charge in [-0.05, 0) is 31.9 Å². The number of nitrogens with zero attached hydrogens (tertiary/aromatic N) is 4. The molecule has 0 radical (unpaired) electrons. The highest BCUT2D eigenvalue weighted by atomic mass is 16.5. The molecule has 1 saturated heterocycles. The molecule has 2 heterocycles. The van der Waals surface area contributed by atoms with E-state index in [9.17, 15) is 0 Å². The van der Waals surface area contributed by atoms with Gasteiger partial charge in [-0.25, -0.2) is 9.97 Å². The number of rotatable bonds is 5. The molecule has 104 valence electrons. The molecule has 19 heavy (non-hydrogen) atoms. The van der Waals surface area contributed by atoms with Crippen molar-refractivity contribution in [3.63, 3.8) is 0 Å². The minimum Gasteiger partial charge on any atom is -0.374 e. The van der Waals surface area contributed by atoms with E-state index in [1.807, 2.05) is 18.5 Å². The van der Waals surface area contributed by atoms with Crippen LogP contribution in [0.15, 0.2) is 18.5 Å². The molecule has 0 bridgehead atoms. The summed E-state index contributed by atoms with van der Waals surface area (Å²) < 4.78 is 5.86. The van der Waals surface area contributed by atoms with Gasteiger partial charge in [0.1, 0.15) is 0 Å². The molecule has 1 unspecified atom stereocenters. The van der Waals surface area contributed by atoms with E-state index in [0.29, 0.717) is 0 Å². The Balaban J connectivity index is 1.64. The first-order chi connectivity index (χ1) is 9.31. The van der Waals surface area contributed by atoms with Gasteiger partial charge in [-0.15, -0.1) is 0 Å². The molecule has 1 atom stereocenters. The topological polar surface area (TPSA) is 41.5 Å². The molecule has 0 amide bonds. The Kier molecular flexibility index (Phi) is 3.94. The minimum absolute atomic E-state index is 0.265. The second kappa shape index (κ2) is 5.84. The monoisotopic (exact) mass is 262 g/mol. The smallest absolute Gasteiger partial charge is 0.225 e. The Bertz CT molecular complexity index is 396. The highest BCUT2D eigenvalue weighted by Crippen LogP contribution is 2.30. The van der Waals surface area contributed by atoms with Crippen LogP contribution in [0.3, 0.4) is 0 Å². The highest BCUT2D eigenvalue weighted by molar-refractivity contribution is 5.29. The highest BCUT2D eigenvalue weighted by Gasteiger charge is 2.28. The molecule has 0 spiro atoms. The minimum atomic E-state index is 0.265. The predicted molar refractivity (Wildman–Crippen MR) is 74.2 cm³/mol. The zero-order valence-electron chi connectivity index (χ0n) is 11.5. The van der Waals surface area contributed by atoms with Crippen molar-refractivity contribution < 1.29 is 4.74 Å². The van der Waals surface area contributed by atoms with Gasteiger partial charge in [-0.3, -0.25) is 0 Å². The Morgan fingerprint density at radius 1 is 1.32 bits per heavy atom. The zero-order valence-corrected chi connectivity index (χ0v) is 11.5. The van der Waals surface area contributed by atoms with E-state index < -0.39 is 0 Å². The van der Waals surface area contributed by atoms with Gasteiger partial charge in [-0.2, -0.15) is 0 Å². The van der Waals surface area contributed by atoms with Gasteiger partial charge < -0.3 is 14.5 Å². The van der Waals surface area contributed by atoms with Crippen LogP contribution in [0, 0.1) is 5.92 Å². The van der Waals surface area contributed by atoms with Crippen molar-refractivity contribution >= 4 is 5.95 Å². The van der Waals surface area contributed by atoms with Crippen molar-refractivity contribution in [2.45, 2.75) is 18.9 Å². The van der Waals surface area contributed by atoms with Crippen molar-refractivity contribution in [1.82, 2.24) is 14.9 Å². The first-order valence-electron chi connectivity index (χ1n) is 7.13. The summed E-state index contributed by atoms with van der Waals surface area (Å²) in [4.78, 5) is 13.4. The van der Waals surface area contributed by atoms with Gasteiger partial charge in [0, 0.05) is 38.6 Å². The number of likely N-dealkylation sites (N-methyl/N-ethyl adjacent to an activating group) is 1. The van der Waals surface area contributed by atoms with Crippen molar-refractivity contribution in [2.24, 2.45) is 5.92 Å². The molecule has 2 fully saturated rings. The van der Waals surface area contributed by atoms with E-state index in [-0.39, 0.29) is 6.10 Å². The summed E-state index contributed by atoms with van der Waals surface area (Å²) in [7, 11) is 2.15. The molecule has 0 aromatic carbocycles. The van der Waals surface area contributed by atoms with Gasteiger partial charge in [0.25, 0.3) is 0 Å². The van der Waals surface area contributed by atoms with Crippen LogP contribution in [0.4, 0.5) is 5.95 Å². The van der Waals surface area contributed by atoms with E-state index in [1.54, 1.807) is 0 Å². The van der Waals surface area contributed by atoms with Crippen LogP contribution >= 0.6 is 0 Å². The Morgan fingerprint density at radius 3 is 2.79 bits per heavy atom. The normalized spacial score (nSPS) is 24.4. The van der Waals surface area contributed by atoms with Crippen molar-refractivity contribution in [3.8, 4) is 0 Å². The molecule has 1 aromatic rings. The second-order valence-electron chi connectivity index (χ2n) is 5.65. The SMILES string of the molecule is CN1CCOC(CN(CC2CC2)c2ncccn2)C1. The van der Waals surface area contributed by atoms with Gasteiger partial charge >= 0.3 is 0 Å². The summed E-state index contributed by atoms with van der Waals surface area (Å²) in [5, 5.41) is 0. The molecule has 3 rings (SSSR count). The summed E-state index contributed by atoms with van der Waals surface area (Å²) >= 11 is 0. The predicted octanol–water partition coefficient (Wildman–Crippen LogP) is 1.02. The van der Waals surface area contributed by atoms with Crippen LogP contribution in [-0.2, 0) is 4.74 Å². The van der Waals surface area contributed by atoms with E-state index >= 15 is 0 Å². The number of hydrogen-bond acceptors (Lipinski definition) is 5. The van der Waals surface area contributed by atoms with E-state index in [2.05, 4.69) is 26.8 Å². The first-order valence-corrected chi connectivity index (χ1v) is 7.13. The summed E-state index contributed by atoms with van der Waals surface area (Å²) in [6.07, 6.45) is 6.58. The lowest BCUT2D eigenvalue weighted by Crippen LogP contribution is -2.47. The molecular formula is C14H22N4O. The largest absolute Gasteiger partial charge is 0.374 e. The molecule has 1 aliphatic heterocycles. The van der Waals surface area contributed by atoms with Crippen LogP contribution in [0.1, 0.15) is 12.8 Å². The van der Waals surface area contributed by atoms with Gasteiger partial charge in [-0.1, -0.05) is 0 Å². The summed E-state index contributed by atoms with van der Waals surface area (Å²) in [5.41, 5.74) is 0. The van der Waals surface area contributed by atoms with Crippen LogP contribution in [0.25, 0.3) is 0 Å². The lowest BCUT2D eigenvalue weighted by atomic mass is 10.2. The van der Waals surface area contributed by atoms with Crippen LogP contribution in [-0.4, -0.2) is 60.8 Å². The summed E-state index contributed by atoms with van der Waals surface area (Å²) in [5.74, 6) is 1.66. The quantitative estimate of drug-likeness (QED) is 0.792. The first kappa shape index (κ1) is 12.8. The number of hydrogen-bond donors (Lipinski definition) is 0. The second-order valence-corrected chi connectivity index (χ2v) is 5.65. The maximum atomic E-state index is 5.86. The standard InChI is InChI=1S/C14H22N4O/c1-17-7-8-19-13(10-17)11-18(9-12-3-4-12)14-15-5-2-6-16-14/h2,5-6,12-13H,3-4,7-11H2,1H3. The summed E-state index contributed by atoms with van der Waals surface area (Å²) in [6.45, 7) is 4.81. The molecule has 1 saturated carbocycles. The molecule has 2 aliphatic rings. The fourth-order valence-corrected chi connectivity index (χ4v) is 2.53. The average Bonchev–Trinajstić information content (AvgIpc) is 3.23. The van der Waals surface area contributed by atoms with Crippen LogP contribution < -0.4 is 4.90 Å². The molecular weight excluding hydrogens is 240 g/mol. The number of morpholine rings is 1. The van der Waals surface area contributed by atoms with Crippen LogP contribution in [0.2, 0.25) is 0 Å². The van der Waals surface area contributed by atoms with E-state index in [1.165, 1.54) is 12.8 Å². The lowest BCUT2D eigenvalue weighted by Gasteiger charge is -2.34. The van der Waals surface area contributed by atoms with Gasteiger partial charge in [0.2, 0.25) is 5.95 Å². The lowest BCUT2D eigenvalue weighted by molar-refractivity contribution is -0.0149. The maximum Gasteiger partial charge on any atom is 0.225 e. The Morgan fingerprint density at radius 2 is 2.11 bits per heavy atom. The fraction of sp³-hybridized carbons (Fsp3) is 0.714.